The number of halogens is 3. The Morgan fingerprint density at radius 3 is 2.47 bits per heavy atom. The fourth-order valence-corrected chi connectivity index (χ4v) is 1.95. The standard InChI is InChI=1S/C12H12F3NO/c1-3-16-10-5-4-9(17-2)6-8(10)7-11(16)12(13,14)15/h4-7H,3H2,1-2H3. The lowest BCUT2D eigenvalue weighted by Crippen LogP contribution is -2.12. The van der Waals surface area contributed by atoms with Crippen molar-refractivity contribution < 1.29 is 17.9 Å². The third kappa shape index (κ3) is 1.97. The van der Waals surface area contributed by atoms with Crippen molar-refractivity contribution >= 4 is 10.9 Å². The molecule has 2 nitrogen and oxygen atoms in total. The summed E-state index contributed by atoms with van der Waals surface area (Å²) in [5.41, 5.74) is -0.0520. The van der Waals surface area contributed by atoms with E-state index in [2.05, 4.69) is 0 Å². The van der Waals surface area contributed by atoms with Crippen LogP contribution < -0.4 is 4.74 Å². The van der Waals surface area contributed by atoms with Crippen LogP contribution in [0.5, 0.6) is 5.75 Å². The molecule has 0 aliphatic rings. The van der Waals surface area contributed by atoms with Crippen molar-refractivity contribution in [3.8, 4) is 5.75 Å². The van der Waals surface area contributed by atoms with Crippen molar-refractivity contribution in [1.82, 2.24) is 4.57 Å². The zero-order valence-corrected chi connectivity index (χ0v) is 9.51. The normalized spacial score (nSPS) is 12.1. The molecular formula is C12H12F3NO. The quantitative estimate of drug-likeness (QED) is 0.784. The number of aromatic nitrogens is 1. The van der Waals surface area contributed by atoms with Crippen LogP contribution in [-0.4, -0.2) is 11.7 Å². The summed E-state index contributed by atoms with van der Waals surface area (Å²) in [5, 5.41) is 0.540. The number of alkyl halides is 3. The van der Waals surface area contributed by atoms with Crippen molar-refractivity contribution in [2.75, 3.05) is 7.11 Å². The van der Waals surface area contributed by atoms with Crippen molar-refractivity contribution in [2.45, 2.75) is 19.6 Å². The average Bonchev–Trinajstić information content (AvgIpc) is 2.65. The first kappa shape index (κ1) is 11.8. The van der Waals surface area contributed by atoms with Gasteiger partial charge in [-0.15, -0.1) is 0 Å². The fraction of sp³-hybridized carbons (Fsp3) is 0.333. The summed E-state index contributed by atoms with van der Waals surface area (Å²) in [6.07, 6.45) is -4.33. The molecule has 0 saturated heterocycles. The number of hydrogen-bond acceptors (Lipinski definition) is 1. The Balaban J connectivity index is 2.70. The summed E-state index contributed by atoms with van der Waals surface area (Å²) < 4.78 is 44.7. The van der Waals surface area contributed by atoms with Crippen LogP contribution in [0.25, 0.3) is 10.9 Å². The van der Waals surface area contributed by atoms with Crippen LogP contribution in [0, 0.1) is 0 Å². The van der Waals surface area contributed by atoms with E-state index in [0.717, 1.165) is 6.07 Å². The number of rotatable bonds is 2. The molecule has 0 aliphatic carbocycles. The molecule has 1 aromatic heterocycles. The second-order valence-corrected chi connectivity index (χ2v) is 3.70. The molecule has 0 unspecified atom stereocenters. The topological polar surface area (TPSA) is 14.2 Å². The summed E-state index contributed by atoms with van der Waals surface area (Å²) in [5.74, 6) is 0.555. The van der Waals surface area contributed by atoms with Gasteiger partial charge in [-0.25, -0.2) is 0 Å². The molecule has 0 radical (unpaired) electrons. The van der Waals surface area contributed by atoms with Gasteiger partial charge in [-0.05, 0) is 31.2 Å². The van der Waals surface area contributed by atoms with Crippen molar-refractivity contribution in [1.29, 1.82) is 0 Å². The molecule has 1 heterocycles. The Bertz CT molecular complexity index is 542. The van der Waals surface area contributed by atoms with Gasteiger partial charge in [0.2, 0.25) is 0 Å². The molecule has 2 aromatic rings. The third-order valence-corrected chi connectivity index (χ3v) is 2.72. The number of fused-ring (bicyclic) bond motifs is 1. The lowest BCUT2D eigenvalue weighted by atomic mass is 10.2. The molecule has 0 bridgehead atoms. The number of aryl methyl sites for hydroxylation is 1. The first-order chi connectivity index (χ1) is 7.97. The Hall–Kier alpha value is -1.65. The molecule has 0 atom stereocenters. The Morgan fingerprint density at radius 2 is 1.94 bits per heavy atom. The highest BCUT2D eigenvalue weighted by atomic mass is 19.4. The predicted molar refractivity (Wildman–Crippen MR) is 59.2 cm³/mol. The minimum absolute atomic E-state index is 0.282. The second-order valence-electron chi connectivity index (χ2n) is 3.70. The van der Waals surface area contributed by atoms with Gasteiger partial charge in [0.05, 0.1) is 7.11 Å². The minimum atomic E-state index is -4.33. The molecule has 0 N–H and O–H groups in total. The molecule has 0 fully saturated rings. The van der Waals surface area contributed by atoms with E-state index in [-0.39, 0.29) is 6.54 Å². The Labute approximate surface area is 96.6 Å². The van der Waals surface area contributed by atoms with E-state index in [0.29, 0.717) is 16.7 Å². The van der Waals surface area contributed by atoms with E-state index in [1.54, 1.807) is 25.1 Å². The molecule has 17 heavy (non-hydrogen) atoms. The molecule has 0 aliphatic heterocycles. The lowest BCUT2D eigenvalue weighted by molar-refractivity contribution is -0.143. The maximum Gasteiger partial charge on any atom is 0.431 e. The Morgan fingerprint density at radius 1 is 1.24 bits per heavy atom. The lowest BCUT2D eigenvalue weighted by Gasteiger charge is -2.10. The average molecular weight is 243 g/mol. The summed E-state index contributed by atoms with van der Waals surface area (Å²) in [7, 11) is 1.49. The number of ether oxygens (including phenoxy) is 1. The van der Waals surface area contributed by atoms with E-state index >= 15 is 0 Å². The molecule has 0 spiro atoms. The zero-order valence-electron chi connectivity index (χ0n) is 9.51. The molecule has 2 rings (SSSR count). The van der Waals surface area contributed by atoms with Crippen LogP contribution in [0.3, 0.4) is 0 Å². The van der Waals surface area contributed by atoms with Gasteiger partial charge >= 0.3 is 6.18 Å². The highest BCUT2D eigenvalue weighted by molar-refractivity contribution is 5.83. The zero-order chi connectivity index (χ0) is 12.6. The second kappa shape index (κ2) is 3.98. The Kier molecular flexibility index (Phi) is 2.77. The molecule has 0 amide bonds. The maximum atomic E-state index is 12.8. The van der Waals surface area contributed by atoms with E-state index < -0.39 is 11.9 Å². The summed E-state index contributed by atoms with van der Waals surface area (Å²) in [6.45, 7) is 1.98. The van der Waals surface area contributed by atoms with Crippen LogP contribution in [0.15, 0.2) is 24.3 Å². The van der Waals surface area contributed by atoms with E-state index in [1.165, 1.54) is 11.7 Å². The van der Waals surface area contributed by atoms with Gasteiger partial charge in [-0.3, -0.25) is 0 Å². The molecule has 0 saturated carbocycles. The van der Waals surface area contributed by atoms with E-state index in [4.69, 9.17) is 4.74 Å². The van der Waals surface area contributed by atoms with Gasteiger partial charge in [-0.2, -0.15) is 13.2 Å². The monoisotopic (exact) mass is 243 g/mol. The van der Waals surface area contributed by atoms with Gasteiger partial charge in [0.15, 0.2) is 0 Å². The first-order valence-corrected chi connectivity index (χ1v) is 5.22. The van der Waals surface area contributed by atoms with E-state index in [1.807, 2.05) is 0 Å². The predicted octanol–water partition coefficient (Wildman–Crippen LogP) is 3.69. The van der Waals surface area contributed by atoms with Crippen LogP contribution in [0.4, 0.5) is 13.2 Å². The number of nitrogens with zero attached hydrogens (tertiary/aromatic N) is 1. The van der Waals surface area contributed by atoms with Crippen LogP contribution in [0.1, 0.15) is 12.6 Å². The highest BCUT2D eigenvalue weighted by Gasteiger charge is 2.34. The van der Waals surface area contributed by atoms with Gasteiger partial charge in [0, 0.05) is 17.4 Å². The maximum absolute atomic E-state index is 12.8. The largest absolute Gasteiger partial charge is 0.497 e. The smallest absolute Gasteiger partial charge is 0.431 e. The minimum Gasteiger partial charge on any atom is -0.497 e. The van der Waals surface area contributed by atoms with Crippen LogP contribution in [0.2, 0.25) is 0 Å². The van der Waals surface area contributed by atoms with Crippen molar-refractivity contribution in [2.24, 2.45) is 0 Å². The van der Waals surface area contributed by atoms with E-state index in [9.17, 15) is 13.2 Å². The SMILES string of the molecule is CCn1c(C(F)(F)F)cc2cc(OC)ccc21. The van der Waals surface area contributed by atoms with Gasteiger partial charge in [-0.1, -0.05) is 0 Å². The van der Waals surface area contributed by atoms with Gasteiger partial charge in [0.25, 0.3) is 0 Å². The van der Waals surface area contributed by atoms with Crippen LogP contribution in [-0.2, 0) is 12.7 Å². The molecule has 1 aromatic carbocycles. The number of methoxy groups -OCH3 is 1. The highest BCUT2D eigenvalue weighted by Crippen LogP contribution is 2.35. The van der Waals surface area contributed by atoms with Gasteiger partial charge < -0.3 is 9.30 Å². The number of hydrogen-bond donors (Lipinski definition) is 0. The molecule has 92 valence electrons. The van der Waals surface area contributed by atoms with Crippen molar-refractivity contribution in [3.63, 3.8) is 0 Å². The molecular weight excluding hydrogens is 231 g/mol. The van der Waals surface area contributed by atoms with Gasteiger partial charge in [0.1, 0.15) is 11.4 Å². The summed E-state index contributed by atoms with van der Waals surface area (Å²) in [4.78, 5) is 0. The fourth-order valence-electron chi connectivity index (χ4n) is 1.95. The van der Waals surface area contributed by atoms with Crippen molar-refractivity contribution in [3.05, 3.63) is 30.0 Å². The van der Waals surface area contributed by atoms with Crippen LogP contribution >= 0.6 is 0 Å². The number of benzene rings is 1. The molecule has 5 heteroatoms. The third-order valence-electron chi connectivity index (χ3n) is 2.72. The first-order valence-electron chi connectivity index (χ1n) is 5.22. The summed E-state index contributed by atoms with van der Waals surface area (Å²) in [6, 6.07) is 6.07. The summed E-state index contributed by atoms with van der Waals surface area (Å²) >= 11 is 0.